The average molecular weight is 143 g/mol. The van der Waals surface area contributed by atoms with Gasteiger partial charge in [-0.05, 0) is 13.3 Å². The molecule has 0 saturated carbocycles. The van der Waals surface area contributed by atoms with Crippen molar-refractivity contribution < 1.29 is 14.7 Å². The number of rotatable bonds is 1. The van der Waals surface area contributed by atoms with E-state index < -0.39 is 11.4 Å². The van der Waals surface area contributed by atoms with Crippen LogP contribution in [0.3, 0.4) is 0 Å². The molecule has 0 aromatic rings. The summed E-state index contributed by atoms with van der Waals surface area (Å²) < 4.78 is 0. The molecule has 0 radical (unpaired) electrons. The Labute approximate surface area is 58.2 Å². The third-order valence-corrected chi connectivity index (χ3v) is 1.88. The van der Waals surface area contributed by atoms with Crippen molar-refractivity contribution in [3.05, 3.63) is 0 Å². The van der Waals surface area contributed by atoms with Gasteiger partial charge in [0.25, 0.3) is 0 Å². The summed E-state index contributed by atoms with van der Waals surface area (Å²) in [5.74, 6) is -1.41. The third kappa shape index (κ3) is 0.761. The van der Waals surface area contributed by atoms with Crippen LogP contribution in [0.5, 0.6) is 0 Å². The van der Waals surface area contributed by atoms with E-state index in [0.29, 0.717) is 13.0 Å². The summed E-state index contributed by atoms with van der Waals surface area (Å²) in [6.07, 6.45) is 0.390. The summed E-state index contributed by atoms with van der Waals surface area (Å²) in [6, 6.07) is 0. The van der Waals surface area contributed by atoms with Crippen LogP contribution in [0.1, 0.15) is 13.3 Å². The van der Waals surface area contributed by atoms with Crippen molar-refractivity contribution in [2.24, 2.45) is 5.41 Å². The molecule has 4 nitrogen and oxygen atoms in total. The maximum absolute atomic E-state index is 10.8. The molecule has 1 aliphatic rings. The highest BCUT2D eigenvalue weighted by Crippen LogP contribution is 2.25. The molecular weight excluding hydrogens is 134 g/mol. The van der Waals surface area contributed by atoms with Crippen LogP contribution in [-0.4, -0.2) is 23.5 Å². The van der Waals surface area contributed by atoms with Crippen molar-refractivity contribution in [1.29, 1.82) is 0 Å². The van der Waals surface area contributed by atoms with Crippen LogP contribution in [0.2, 0.25) is 0 Å². The lowest BCUT2D eigenvalue weighted by molar-refractivity contribution is -0.152. The monoisotopic (exact) mass is 143 g/mol. The van der Waals surface area contributed by atoms with Crippen molar-refractivity contribution in [3.8, 4) is 0 Å². The van der Waals surface area contributed by atoms with Crippen molar-refractivity contribution >= 4 is 11.9 Å². The summed E-state index contributed by atoms with van der Waals surface area (Å²) in [6.45, 7) is 1.92. The SMILES string of the molecule is C[C@@]1(C(=O)O)CCNC1=O. The Hall–Kier alpha value is -1.06. The highest BCUT2D eigenvalue weighted by molar-refractivity contribution is 6.02. The van der Waals surface area contributed by atoms with Crippen molar-refractivity contribution in [2.45, 2.75) is 13.3 Å². The predicted octanol–water partition coefficient (Wildman–Crippen LogP) is -0.403. The Morgan fingerprint density at radius 1 is 1.80 bits per heavy atom. The minimum absolute atomic E-state index is 0.375. The van der Waals surface area contributed by atoms with Gasteiger partial charge in [-0.2, -0.15) is 0 Å². The Morgan fingerprint density at radius 2 is 2.40 bits per heavy atom. The smallest absolute Gasteiger partial charge is 0.318 e. The largest absolute Gasteiger partial charge is 0.480 e. The molecule has 0 spiro atoms. The molecule has 0 aromatic heterocycles. The quantitative estimate of drug-likeness (QED) is 0.491. The second-order valence-corrected chi connectivity index (χ2v) is 2.64. The van der Waals surface area contributed by atoms with Gasteiger partial charge in [-0.15, -0.1) is 0 Å². The first-order valence-corrected chi connectivity index (χ1v) is 3.09. The normalized spacial score (nSPS) is 31.9. The van der Waals surface area contributed by atoms with E-state index in [1.807, 2.05) is 0 Å². The van der Waals surface area contributed by atoms with E-state index in [9.17, 15) is 9.59 Å². The highest BCUT2D eigenvalue weighted by atomic mass is 16.4. The molecule has 0 aromatic carbocycles. The Balaban J connectivity index is 2.86. The van der Waals surface area contributed by atoms with Gasteiger partial charge in [0.05, 0.1) is 0 Å². The van der Waals surface area contributed by atoms with Gasteiger partial charge >= 0.3 is 5.97 Å². The third-order valence-electron chi connectivity index (χ3n) is 1.88. The molecule has 1 fully saturated rings. The molecule has 1 aliphatic heterocycles. The second kappa shape index (κ2) is 1.97. The van der Waals surface area contributed by atoms with Crippen LogP contribution >= 0.6 is 0 Å². The van der Waals surface area contributed by atoms with Gasteiger partial charge in [0.2, 0.25) is 5.91 Å². The van der Waals surface area contributed by atoms with Crippen LogP contribution < -0.4 is 5.32 Å². The molecular formula is C6H9NO3. The molecule has 1 atom stereocenters. The molecule has 1 rings (SSSR count). The zero-order valence-electron chi connectivity index (χ0n) is 5.68. The average Bonchev–Trinajstić information content (AvgIpc) is 2.15. The van der Waals surface area contributed by atoms with E-state index in [1.165, 1.54) is 6.92 Å². The number of carboxylic acids is 1. The van der Waals surface area contributed by atoms with Gasteiger partial charge in [0.1, 0.15) is 5.41 Å². The van der Waals surface area contributed by atoms with Crippen LogP contribution in [0, 0.1) is 5.41 Å². The van der Waals surface area contributed by atoms with Crippen LogP contribution in [0.25, 0.3) is 0 Å². The van der Waals surface area contributed by atoms with Crippen LogP contribution in [-0.2, 0) is 9.59 Å². The Morgan fingerprint density at radius 3 is 2.60 bits per heavy atom. The number of aliphatic carboxylic acids is 1. The second-order valence-electron chi connectivity index (χ2n) is 2.64. The molecule has 4 heteroatoms. The molecule has 0 bridgehead atoms. The lowest BCUT2D eigenvalue weighted by atomic mass is 9.89. The van der Waals surface area contributed by atoms with Crippen molar-refractivity contribution in [1.82, 2.24) is 5.32 Å². The van der Waals surface area contributed by atoms with Gasteiger partial charge in [-0.3, -0.25) is 9.59 Å². The van der Waals surface area contributed by atoms with Crippen molar-refractivity contribution in [3.63, 3.8) is 0 Å². The first kappa shape index (κ1) is 7.05. The molecule has 1 amide bonds. The van der Waals surface area contributed by atoms with Gasteiger partial charge < -0.3 is 10.4 Å². The summed E-state index contributed by atoms with van der Waals surface area (Å²) >= 11 is 0. The molecule has 56 valence electrons. The molecule has 1 saturated heterocycles. The fraction of sp³-hybridized carbons (Fsp3) is 0.667. The number of amides is 1. The lowest BCUT2D eigenvalue weighted by Crippen LogP contribution is -2.35. The predicted molar refractivity (Wildman–Crippen MR) is 33.4 cm³/mol. The number of carbonyl (C=O) groups is 2. The topological polar surface area (TPSA) is 66.4 Å². The van der Waals surface area contributed by atoms with Crippen LogP contribution in [0.15, 0.2) is 0 Å². The fourth-order valence-electron chi connectivity index (χ4n) is 0.939. The van der Waals surface area contributed by atoms with E-state index in [1.54, 1.807) is 0 Å². The van der Waals surface area contributed by atoms with Gasteiger partial charge in [-0.25, -0.2) is 0 Å². The number of carboxylic acid groups (broad SMARTS) is 1. The number of hydrogen-bond donors (Lipinski definition) is 2. The summed E-state index contributed by atoms with van der Waals surface area (Å²) in [5, 5.41) is 11.1. The van der Waals surface area contributed by atoms with E-state index in [4.69, 9.17) is 5.11 Å². The van der Waals surface area contributed by atoms with E-state index in [0.717, 1.165) is 0 Å². The summed E-state index contributed by atoms with van der Waals surface area (Å²) in [5.41, 5.74) is -1.18. The number of hydrogen-bond acceptors (Lipinski definition) is 2. The van der Waals surface area contributed by atoms with E-state index in [-0.39, 0.29) is 5.91 Å². The number of carbonyl (C=O) groups excluding carboxylic acids is 1. The summed E-state index contributed by atoms with van der Waals surface area (Å²) in [4.78, 5) is 21.3. The molecule has 0 aliphatic carbocycles. The van der Waals surface area contributed by atoms with E-state index in [2.05, 4.69) is 5.32 Å². The lowest BCUT2D eigenvalue weighted by Gasteiger charge is -2.12. The Bertz CT molecular complexity index is 189. The Kier molecular flexibility index (Phi) is 1.39. The molecule has 1 heterocycles. The first-order valence-electron chi connectivity index (χ1n) is 3.09. The zero-order chi connectivity index (χ0) is 7.78. The van der Waals surface area contributed by atoms with Gasteiger partial charge in [-0.1, -0.05) is 0 Å². The molecule has 0 unspecified atom stereocenters. The first-order chi connectivity index (χ1) is 4.57. The highest BCUT2D eigenvalue weighted by Gasteiger charge is 2.44. The summed E-state index contributed by atoms with van der Waals surface area (Å²) in [7, 11) is 0. The molecule has 10 heavy (non-hydrogen) atoms. The maximum atomic E-state index is 10.8. The van der Waals surface area contributed by atoms with Gasteiger partial charge in [0.15, 0.2) is 0 Å². The zero-order valence-corrected chi connectivity index (χ0v) is 5.68. The molecule has 2 N–H and O–H groups in total. The fourth-order valence-corrected chi connectivity index (χ4v) is 0.939. The van der Waals surface area contributed by atoms with Crippen LogP contribution in [0.4, 0.5) is 0 Å². The minimum Gasteiger partial charge on any atom is -0.480 e. The standard InChI is InChI=1S/C6H9NO3/c1-6(5(9)10)2-3-7-4(6)8/h2-3H2,1H3,(H,7,8)(H,9,10)/t6-/m1/s1. The van der Waals surface area contributed by atoms with Crippen molar-refractivity contribution in [2.75, 3.05) is 6.54 Å². The van der Waals surface area contributed by atoms with Gasteiger partial charge in [0, 0.05) is 6.54 Å². The maximum Gasteiger partial charge on any atom is 0.318 e. The van der Waals surface area contributed by atoms with E-state index >= 15 is 0 Å². The number of nitrogens with one attached hydrogen (secondary N) is 1. The minimum atomic E-state index is -1.18.